The zero-order chi connectivity index (χ0) is 11.3. The molecule has 0 saturated heterocycles. The van der Waals surface area contributed by atoms with E-state index in [0.717, 1.165) is 6.54 Å². The number of carbonyl (C=O) groups is 2. The molecule has 1 fully saturated rings. The quantitative estimate of drug-likeness (QED) is 0.690. The molecule has 0 bridgehead atoms. The Morgan fingerprint density at radius 2 is 2.13 bits per heavy atom. The predicted octanol–water partition coefficient (Wildman–Crippen LogP) is 0.903. The van der Waals surface area contributed by atoms with Gasteiger partial charge in [0.15, 0.2) is 0 Å². The van der Waals surface area contributed by atoms with Crippen LogP contribution >= 0.6 is 0 Å². The van der Waals surface area contributed by atoms with Gasteiger partial charge in [0.05, 0.1) is 0 Å². The molecule has 0 aromatic heterocycles. The normalized spacial score (nSPS) is 14.7. The first kappa shape index (κ1) is 11.8. The summed E-state index contributed by atoms with van der Waals surface area (Å²) in [6.45, 7) is 1.24. The van der Waals surface area contributed by atoms with Gasteiger partial charge < -0.3 is 15.3 Å². The fourth-order valence-corrected chi connectivity index (χ4v) is 1.26. The van der Waals surface area contributed by atoms with Gasteiger partial charge in [-0.15, -0.1) is 0 Å². The van der Waals surface area contributed by atoms with E-state index in [2.05, 4.69) is 5.32 Å². The molecule has 5 nitrogen and oxygen atoms in total. The summed E-state index contributed by atoms with van der Waals surface area (Å²) >= 11 is 0. The summed E-state index contributed by atoms with van der Waals surface area (Å²) in [6, 6.07) is -0.104. The van der Waals surface area contributed by atoms with Crippen molar-refractivity contribution in [3.05, 3.63) is 0 Å². The van der Waals surface area contributed by atoms with Crippen molar-refractivity contribution in [1.82, 2.24) is 10.2 Å². The van der Waals surface area contributed by atoms with Gasteiger partial charge in [-0.3, -0.25) is 4.79 Å². The second-order valence-corrected chi connectivity index (χ2v) is 4.05. The Balaban J connectivity index is 2.05. The van der Waals surface area contributed by atoms with Crippen LogP contribution in [0.3, 0.4) is 0 Å². The summed E-state index contributed by atoms with van der Waals surface area (Å²) in [4.78, 5) is 23.2. The summed E-state index contributed by atoms with van der Waals surface area (Å²) < 4.78 is 0. The number of carbonyl (C=O) groups excluding carboxylic acids is 1. The molecule has 1 aliphatic rings. The summed E-state index contributed by atoms with van der Waals surface area (Å²) in [5, 5.41) is 11.3. The smallest absolute Gasteiger partial charge is 0.317 e. The minimum atomic E-state index is -0.818. The van der Waals surface area contributed by atoms with Gasteiger partial charge in [-0.05, 0) is 25.2 Å². The summed E-state index contributed by atoms with van der Waals surface area (Å²) in [5.41, 5.74) is 0. The van der Waals surface area contributed by atoms with Gasteiger partial charge in [-0.2, -0.15) is 0 Å². The molecule has 1 aliphatic carbocycles. The van der Waals surface area contributed by atoms with Crippen molar-refractivity contribution in [2.45, 2.75) is 25.7 Å². The number of urea groups is 1. The van der Waals surface area contributed by atoms with E-state index in [9.17, 15) is 9.59 Å². The molecule has 0 radical (unpaired) electrons. The number of carboxylic acids is 1. The number of amides is 2. The van der Waals surface area contributed by atoms with Crippen molar-refractivity contribution in [3.8, 4) is 0 Å². The van der Waals surface area contributed by atoms with Crippen molar-refractivity contribution in [2.24, 2.45) is 5.92 Å². The minimum Gasteiger partial charge on any atom is -0.481 e. The van der Waals surface area contributed by atoms with Crippen LogP contribution in [0.1, 0.15) is 25.7 Å². The van der Waals surface area contributed by atoms with Crippen LogP contribution in [-0.2, 0) is 4.79 Å². The first-order valence-electron chi connectivity index (χ1n) is 5.30. The van der Waals surface area contributed by atoms with Gasteiger partial charge in [0.1, 0.15) is 0 Å². The Morgan fingerprint density at radius 3 is 2.67 bits per heavy atom. The Hall–Kier alpha value is -1.26. The van der Waals surface area contributed by atoms with Gasteiger partial charge >= 0.3 is 12.0 Å². The monoisotopic (exact) mass is 214 g/mol. The molecule has 1 saturated carbocycles. The SMILES string of the molecule is CN(CCCC(=O)O)C(=O)NCC1CC1. The van der Waals surface area contributed by atoms with Crippen LogP contribution in [-0.4, -0.2) is 42.1 Å². The molecule has 5 heteroatoms. The lowest BCUT2D eigenvalue weighted by molar-refractivity contribution is -0.137. The van der Waals surface area contributed by atoms with E-state index in [4.69, 9.17) is 5.11 Å². The van der Waals surface area contributed by atoms with Gasteiger partial charge in [-0.25, -0.2) is 4.79 Å². The molecule has 0 aromatic rings. The minimum absolute atomic E-state index is 0.104. The molecule has 2 amide bonds. The topological polar surface area (TPSA) is 69.6 Å². The summed E-state index contributed by atoms with van der Waals surface area (Å²) in [6.07, 6.45) is 3.04. The maximum atomic E-state index is 11.4. The van der Waals surface area contributed by atoms with Crippen LogP contribution in [0, 0.1) is 5.92 Å². The highest BCUT2D eigenvalue weighted by molar-refractivity contribution is 5.74. The predicted molar refractivity (Wildman–Crippen MR) is 55.6 cm³/mol. The first-order chi connectivity index (χ1) is 7.09. The highest BCUT2D eigenvalue weighted by atomic mass is 16.4. The van der Waals surface area contributed by atoms with E-state index in [1.54, 1.807) is 7.05 Å². The molecular formula is C10H18N2O3. The number of nitrogens with zero attached hydrogens (tertiary/aromatic N) is 1. The van der Waals surface area contributed by atoms with Gasteiger partial charge in [-0.1, -0.05) is 0 Å². The lowest BCUT2D eigenvalue weighted by Gasteiger charge is -2.17. The van der Waals surface area contributed by atoms with Crippen LogP contribution in [0.25, 0.3) is 0 Å². The van der Waals surface area contributed by atoms with E-state index >= 15 is 0 Å². The molecule has 2 N–H and O–H groups in total. The van der Waals surface area contributed by atoms with Crippen LogP contribution in [0.2, 0.25) is 0 Å². The Kier molecular flexibility index (Phi) is 4.39. The zero-order valence-corrected chi connectivity index (χ0v) is 9.03. The number of nitrogens with one attached hydrogen (secondary N) is 1. The van der Waals surface area contributed by atoms with Gasteiger partial charge in [0.2, 0.25) is 0 Å². The van der Waals surface area contributed by atoms with Crippen molar-refractivity contribution in [3.63, 3.8) is 0 Å². The molecule has 0 unspecified atom stereocenters. The molecular weight excluding hydrogens is 196 g/mol. The maximum Gasteiger partial charge on any atom is 0.317 e. The lowest BCUT2D eigenvalue weighted by Crippen LogP contribution is -2.38. The highest BCUT2D eigenvalue weighted by Gasteiger charge is 2.22. The van der Waals surface area contributed by atoms with Crippen molar-refractivity contribution >= 4 is 12.0 Å². The van der Waals surface area contributed by atoms with Crippen LogP contribution in [0.15, 0.2) is 0 Å². The molecule has 1 rings (SSSR count). The van der Waals surface area contributed by atoms with Gasteiger partial charge in [0.25, 0.3) is 0 Å². The number of aliphatic carboxylic acids is 1. The van der Waals surface area contributed by atoms with Crippen molar-refractivity contribution in [1.29, 1.82) is 0 Å². The standard InChI is InChI=1S/C10H18N2O3/c1-12(6-2-3-9(13)14)10(15)11-7-8-4-5-8/h8H,2-7H2,1H3,(H,11,15)(H,13,14). The van der Waals surface area contributed by atoms with Gasteiger partial charge in [0, 0.05) is 26.6 Å². The maximum absolute atomic E-state index is 11.4. The molecule has 0 spiro atoms. The second-order valence-electron chi connectivity index (χ2n) is 4.05. The Bertz CT molecular complexity index is 239. The van der Waals surface area contributed by atoms with Crippen LogP contribution in [0.4, 0.5) is 4.79 Å². The fraction of sp³-hybridized carbons (Fsp3) is 0.800. The summed E-state index contributed by atoms with van der Waals surface area (Å²) in [7, 11) is 1.68. The van der Waals surface area contributed by atoms with E-state index in [-0.39, 0.29) is 12.5 Å². The molecule has 86 valence electrons. The third-order valence-electron chi connectivity index (χ3n) is 2.47. The Labute approximate surface area is 89.4 Å². The molecule has 0 heterocycles. The molecule has 0 aromatic carbocycles. The van der Waals surface area contributed by atoms with E-state index in [1.165, 1.54) is 17.7 Å². The third kappa shape index (κ3) is 5.24. The Morgan fingerprint density at radius 1 is 1.47 bits per heavy atom. The number of hydrogen-bond donors (Lipinski definition) is 2. The highest BCUT2D eigenvalue weighted by Crippen LogP contribution is 2.27. The lowest BCUT2D eigenvalue weighted by atomic mass is 10.3. The third-order valence-corrected chi connectivity index (χ3v) is 2.47. The van der Waals surface area contributed by atoms with Crippen LogP contribution in [0.5, 0.6) is 0 Å². The largest absolute Gasteiger partial charge is 0.481 e. The molecule has 0 atom stereocenters. The fourth-order valence-electron chi connectivity index (χ4n) is 1.26. The average Bonchev–Trinajstić information content (AvgIpc) is 2.96. The van der Waals surface area contributed by atoms with E-state index < -0.39 is 5.97 Å². The number of rotatable bonds is 6. The second kappa shape index (κ2) is 5.58. The van der Waals surface area contributed by atoms with Crippen molar-refractivity contribution in [2.75, 3.05) is 20.1 Å². The van der Waals surface area contributed by atoms with E-state index in [0.29, 0.717) is 18.9 Å². The molecule has 15 heavy (non-hydrogen) atoms. The molecule has 0 aliphatic heterocycles. The first-order valence-corrected chi connectivity index (χ1v) is 5.30. The number of carboxylic acid groups (broad SMARTS) is 1. The zero-order valence-electron chi connectivity index (χ0n) is 9.03. The summed E-state index contributed by atoms with van der Waals surface area (Å²) in [5.74, 6) is -0.150. The average molecular weight is 214 g/mol. The van der Waals surface area contributed by atoms with E-state index in [1.807, 2.05) is 0 Å². The van der Waals surface area contributed by atoms with Crippen molar-refractivity contribution < 1.29 is 14.7 Å². The number of hydrogen-bond acceptors (Lipinski definition) is 2. The van der Waals surface area contributed by atoms with Crippen LogP contribution < -0.4 is 5.32 Å².